The summed E-state index contributed by atoms with van der Waals surface area (Å²) in [6.45, 7) is 4.21. The lowest BCUT2D eigenvalue weighted by atomic mass is 10.3. The average molecular weight is 320 g/mol. The van der Waals surface area contributed by atoms with Crippen LogP contribution in [0.1, 0.15) is 19.9 Å². The van der Waals surface area contributed by atoms with Crippen molar-refractivity contribution >= 4 is 27.4 Å². The zero-order valence-corrected chi connectivity index (χ0v) is 12.3. The lowest BCUT2D eigenvalue weighted by Gasteiger charge is -2.10. The minimum Gasteiger partial charge on any atom is -0.383 e. The molecule has 0 amide bonds. The molecule has 5 nitrogen and oxygen atoms in total. The average Bonchev–Trinajstić information content (AvgIpc) is 2.95. The van der Waals surface area contributed by atoms with Crippen molar-refractivity contribution in [1.29, 1.82) is 0 Å². The number of pyridine rings is 1. The molecule has 3 aromatic heterocycles. The van der Waals surface area contributed by atoms with Crippen molar-refractivity contribution in [3.8, 4) is 11.4 Å². The Morgan fingerprint density at radius 3 is 2.84 bits per heavy atom. The van der Waals surface area contributed by atoms with E-state index in [1.54, 1.807) is 12.5 Å². The Balaban J connectivity index is 2.29. The van der Waals surface area contributed by atoms with Gasteiger partial charge < -0.3 is 10.3 Å². The molecule has 3 rings (SSSR count). The van der Waals surface area contributed by atoms with Crippen molar-refractivity contribution in [2.75, 3.05) is 5.73 Å². The van der Waals surface area contributed by atoms with Gasteiger partial charge in [0.15, 0.2) is 5.65 Å². The molecule has 0 atom stereocenters. The van der Waals surface area contributed by atoms with Gasteiger partial charge in [-0.25, -0.2) is 9.97 Å². The van der Waals surface area contributed by atoms with Crippen LogP contribution in [0.5, 0.6) is 0 Å². The van der Waals surface area contributed by atoms with Gasteiger partial charge >= 0.3 is 0 Å². The number of hydrogen-bond donors (Lipinski definition) is 1. The van der Waals surface area contributed by atoms with Crippen molar-refractivity contribution in [3.63, 3.8) is 0 Å². The number of imidazole rings is 2. The first-order valence-electron chi connectivity index (χ1n) is 6.04. The van der Waals surface area contributed by atoms with E-state index in [-0.39, 0.29) is 0 Å². The summed E-state index contributed by atoms with van der Waals surface area (Å²) in [6.07, 6.45) is 5.51. The summed E-state index contributed by atoms with van der Waals surface area (Å²) in [5, 5.41) is 0. The highest BCUT2D eigenvalue weighted by Gasteiger charge is 2.17. The van der Waals surface area contributed by atoms with E-state index in [9.17, 15) is 0 Å². The fourth-order valence-electron chi connectivity index (χ4n) is 2.14. The topological polar surface area (TPSA) is 61.1 Å². The molecule has 3 aromatic rings. The van der Waals surface area contributed by atoms with E-state index in [4.69, 9.17) is 5.73 Å². The summed E-state index contributed by atoms with van der Waals surface area (Å²) >= 11 is 3.49. The highest BCUT2D eigenvalue weighted by Crippen LogP contribution is 2.30. The molecule has 0 unspecified atom stereocenters. The molecule has 0 aliphatic rings. The molecule has 0 spiro atoms. The Morgan fingerprint density at radius 1 is 1.37 bits per heavy atom. The third-order valence-electron chi connectivity index (χ3n) is 3.10. The van der Waals surface area contributed by atoms with Gasteiger partial charge in [0.05, 0.1) is 22.7 Å². The first-order valence-corrected chi connectivity index (χ1v) is 6.83. The third-order valence-corrected chi connectivity index (χ3v) is 3.72. The van der Waals surface area contributed by atoms with Gasteiger partial charge in [-0.2, -0.15) is 0 Å². The van der Waals surface area contributed by atoms with Crippen molar-refractivity contribution in [3.05, 3.63) is 35.3 Å². The van der Waals surface area contributed by atoms with Crippen LogP contribution in [0.2, 0.25) is 0 Å². The number of anilines is 1. The summed E-state index contributed by atoms with van der Waals surface area (Å²) in [6, 6.07) is 4.19. The van der Waals surface area contributed by atoms with Gasteiger partial charge in [0.2, 0.25) is 0 Å². The number of rotatable bonds is 2. The molecule has 98 valence electrons. The van der Waals surface area contributed by atoms with Crippen LogP contribution in [0.4, 0.5) is 5.82 Å². The first-order chi connectivity index (χ1) is 9.09. The van der Waals surface area contributed by atoms with Crippen molar-refractivity contribution in [1.82, 2.24) is 18.9 Å². The SMILES string of the molecule is CC(C)n1cncc1-c1nc2c(Br)cccn2c1N. The maximum absolute atomic E-state index is 6.21. The Hall–Kier alpha value is -1.82. The lowest BCUT2D eigenvalue weighted by Crippen LogP contribution is -2.02. The fourth-order valence-corrected chi connectivity index (χ4v) is 2.57. The van der Waals surface area contributed by atoms with Crippen LogP contribution < -0.4 is 5.73 Å². The molecule has 2 N–H and O–H groups in total. The van der Waals surface area contributed by atoms with Crippen molar-refractivity contribution in [2.24, 2.45) is 0 Å². The van der Waals surface area contributed by atoms with Crippen LogP contribution >= 0.6 is 15.9 Å². The summed E-state index contributed by atoms with van der Waals surface area (Å²) in [4.78, 5) is 8.83. The Labute approximate surface area is 119 Å². The second-order valence-electron chi connectivity index (χ2n) is 4.68. The molecular formula is C13H14BrN5. The first kappa shape index (κ1) is 12.2. The molecule has 19 heavy (non-hydrogen) atoms. The predicted molar refractivity (Wildman–Crippen MR) is 78.9 cm³/mol. The molecule has 0 aliphatic heterocycles. The van der Waals surface area contributed by atoms with Crippen LogP contribution in [-0.2, 0) is 0 Å². The second kappa shape index (κ2) is 4.38. The van der Waals surface area contributed by atoms with Gasteiger partial charge in [0, 0.05) is 12.2 Å². The zero-order valence-electron chi connectivity index (χ0n) is 10.7. The molecular weight excluding hydrogens is 306 g/mol. The maximum Gasteiger partial charge on any atom is 0.153 e. The van der Waals surface area contributed by atoms with E-state index < -0.39 is 0 Å². The Bertz CT molecular complexity index is 741. The monoisotopic (exact) mass is 319 g/mol. The number of halogens is 1. The van der Waals surface area contributed by atoms with E-state index in [1.165, 1.54) is 0 Å². The summed E-state index contributed by atoms with van der Waals surface area (Å²) in [5.41, 5.74) is 8.71. The van der Waals surface area contributed by atoms with Gasteiger partial charge in [0.1, 0.15) is 11.5 Å². The summed E-state index contributed by atoms with van der Waals surface area (Å²) < 4.78 is 4.85. The van der Waals surface area contributed by atoms with E-state index >= 15 is 0 Å². The Morgan fingerprint density at radius 2 is 2.16 bits per heavy atom. The maximum atomic E-state index is 6.21. The van der Waals surface area contributed by atoms with Crippen LogP contribution in [0, 0.1) is 0 Å². The number of fused-ring (bicyclic) bond motifs is 1. The quantitative estimate of drug-likeness (QED) is 0.789. The second-order valence-corrected chi connectivity index (χ2v) is 5.53. The van der Waals surface area contributed by atoms with Gasteiger partial charge in [0.25, 0.3) is 0 Å². The molecule has 0 aliphatic carbocycles. The van der Waals surface area contributed by atoms with Gasteiger partial charge in [-0.1, -0.05) is 0 Å². The summed E-state index contributed by atoms with van der Waals surface area (Å²) in [5.74, 6) is 0.624. The molecule has 0 radical (unpaired) electrons. The van der Waals surface area contributed by atoms with Crippen LogP contribution in [0.3, 0.4) is 0 Å². The van der Waals surface area contributed by atoms with E-state index in [0.29, 0.717) is 11.9 Å². The third kappa shape index (κ3) is 1.83. The largest absolute Gasteiger partial charge is 0.383 e. The molecule has 6 heteroatoms. The van der Waals surface area contributed by atoms with Crippen LogP contribution in [0.15, 0.2) is 35.3 Å². The highest BCUT2D eigenvalue weighted by molar-refractivity contribution is 9.10. The minimum atomic E-state index is 0.310. The van der Waals surface area contributed by atoms with Crippen LogP contribution in [-0.4, -0.2) is 18.9 Å². The number of aromatic nitrogens is 4. The molecule has 0 saturated heterocycles. The van der Waals surface area contributed by atoms with Crippen molar-refractivity contribution < 1.29 is 0 Å². The molecule has 3 heterocycles. The van der Waals surface area contributed by atoms with E-state index in [1.807, 2.05) is 22.7 Å². The fraction of sp³-hybridized carbons (Fsp3) is 0.231. The summed E-state index contributed by atoms with van der Waals surface area (Å²) in [7, 11) is 0. The standard InChI is InChI=1S/C13H14BrN5/c1-8(2)19-7-16-6-10(19)11-12(15)18-5-3-4-9(14)13(18)17-11/h3-8H,15H2,1-2H3. The van der Waals surface area contributed by atoms with Gasteiger partial charge in [-0.05, 0) is 41.9 Å². The number of hydrogen-bond acceptors (Lipinski definition) is 3. The molecule has 0 saturated carbocycles. The normalized spacial score (nSPS) is 11.6. The molecule has 0 fully saturated rings. The molecule has 0 bridgehead atoms. The van der Waals surface area contributed by atoms with Gasteiger partial charge in [-0.15, -0.1) is 0 Å². The number of nitrogen functional groups attached to an aromatic ring is 1. The lowest BCUT2D eigenvalue weighted by molar-refractivity contribution is 0.605. The predicted octanol–water partition coefficient (Wildman–Crippen LogP) is 3.12. The van der Waals surface area contributed by atoms with E-state index in [0.717, 1.165) is 21.5 Å². The van der Waals surface area contributed by atoms with Crippen LogP contribution in [0.25, 0.3) is 17.0 Å². The number of nitrogens with two attached hydrogens (primary N) is 1. The smallest absolute Gasteiger partial charge is 0.153 e. The number of nitrogens with zero attached hydrogens (tertiary/aromatic N) is 4. The van der Waals surface area contributed by atoms with E-state index in [2.05, 4.69) is 44.3 Å². The van der Waals surface area contributed by atoms with Crippen molar-refractivity contribution in [2.45, 2.75) is 19.9 Å². The highest BCUT2D eigenvalue weighted by atomic mass is 79.9. The Kier molecular flexibility index (Phi) is 2.82. The minimum absolute atomic E-state index is 0.310. The zero-order chi connectivity index (χ0) is 13.6. The molecule has 0 aromatic carbocycles. The van der Waals surface area contributed by atoms with Gasteiger partial charge in [-0.3, -0.25) is 4.40 Å².